The second kappa shape index (κ2) is 8.79. The van der Waals surface area contributed by atoms with Gasteiger partial charge in [0, 0.05) is 11.9 Å². The summed E-state index contributed by atoms with van der Waals surface area (Å²) in [4.78, 5) is 25.5. The number of halogens is 3. The molecular weight excluding hydrogens is 429 g/mol. The molecule has 0 saturated heterocycles. The highest BCUT2D eigenvalue weighted by molar-refractivity contribution is 6.04. The van der Waals surface area contributed by atoms with E-state index < -0.39 is 35.7 Å². The zero-order valence-corrected chi connectivity index (χ0v) is 17.1. The third-order valence-electron chi connectivity index (χ3n) is 4.34. The summed E-state index contributed by atoms with van der Waals surface area (Å²) in [6.07, 6.45) is -2.16. The van der Waals surface area contributed by atoms with Gasteiger partial charge in [0.15, 0.2) is 6.61 Å². The van der Waals surface area contributed by atoms with Gasteiger partial charge in [-0.25, -0.2) is 0 Å². The highest BCUT2D eigenvalue weighted by Gasteiger charge is 2.29. The molecule has 1 aromatic carbocycles. The Balaban J connectivity index is 1.88. The lowest BCUT2D eigenvalue weighted by Crippen LogP contribution is -2.28. The lowest BCUT2D eigenvalue weighted by Gasteiger charge is -2.18. The summed E-state index contributed by atoms with van der Waals surface area (Å²) in [5.41, 5.74) is -1.18. The Bertz CT molecular complexity index is 1170. The molecule has 168 valence electrons. The van der Waals surface area contributed by atoms with E-state index >= 15 is 0 Å². The molecule has 32 heavy (non-hydrogen) atoms. The number of aliphatic hydroxyl groups is 1. The van der Waals surface area contributed by atoms with Crippen LogP contribution in [0.2, 0.25) is 0 Å². The summed E-state index contributed by atoms with van der Waals surface area (Å²) in [6, 6.07) is 10.3. The Hall–Kier alpha value is -3.73. The van der Waals surface area contributed by atoms with Gasteiger partial charge >= 0.3 is 6.18 Å². The van der Waals surface area contributed by atoms with Gasteiger partial charge in [0.1, 0.15) is 11.3 Å². The molecule has 0 spiro atoms. The number of amides is 1. The number of ether oxygens (including phenoxy) is 1. The first kappa shape index (κ1) is 22.9. The van der Waals surface area contributed by atoms with Crippen molar-refractivity contribution in [3.63, 3.8) is 0 Å². The molecule has 3 aromatic rings. The van der Waals surface area contributed by atoms with Gasteiger partial charge < -0.3 is 15.2 Å². The minimum Gasteiger partial charge on any atom is -0.465 e. The van der Waals surface area contributed by atoms with Crippen LogP contribution in [0.3, 0.4) is 0 Å². The van der Waals surface area contributed by atoms with E-state index in [1.165, 1.54) is 30.6 Å². The van der Waals surface area contributed by atoms with E-state index in [1.54, 1.807) is 38.1 Å². The minimum atomic E-state index is -4.61. The van der Waals surface area contributed by atoms with E-state index in [1.807, 2.05) is 0 Å². The largest absolute Gasteiger partial charge is 0.465 e. The van der Waals surface area contributed by atoms with E-state index in [9.17, 15) is 27.9 Å². The average Bonchev–Trinajstić information content (AvgIpc) is 2.72. The minimum absolute atomic E-state index is 0.0987. The molecule has 0 unspecified atom stereocenters. The topological polar surface area (TPSA) is 106 Å². The van der Waals surface area contributed by atoms with Gasteiger partial charge in [-0.3, -0.25) is 14.2 Å². The summed E-state index contributed by atoms with van der Waals surface area (Å²) < 4.78 is 43.2. The van der Waals surface area contributed by atoms with Gasteiger partial charge in [-0.1, -0.05) is 12.1 Å². The van der Waals surface area contributed by atoms with E-state index in [0.717, 1.165) is 4.57 Å². The van der Waals surface area contributed by atoms with Crippen molar-refractivity contribution in [2.45, 2.75) is 25.6 Å². The summed E-state index contributed by atoms with van der Waals surface area (Å²) in [5, 5.41) is 19.6. The third kappa shape index (κ3) is 5.49. The monoisotopic (exact) mass is 448 g/mol. The molecule has 2 heterocycles. The van der Waals surface area contributed by atoms with Crippen LogP contribution in [0.25, 0.3) is 5.69 Å². The predicted octanol–water partition coefficient (Wildman–Crippen LogP) is 3.05. The van der Waals surface area contributed by atoms with Crippen LogP contribution >= 0.6 is 0 Å². The normalized spacial score (nSPS) is 11.8. The number of hydrogen-bond acceptors (Lipinski definition) is 6. The van der Waals surface area contributed by atoms with E-state index in [4.69, 9.17) is 0 Å². The number of nitrogens with zero attached hydrogens (tertiary/aromatic N) is 3. The Morgan fingerprint density at radius 1 is 1.16 bits per heavy atom. The van der Waals surface area contributed by atoms with Crippen molar-refractivity contribution >= 4 is 11.6 Å². The SMILES string of the molecule is CC(C)(O)c1ccc(NC(=O)c2cccn(-c3ccnnc3OCC(F)(F)F)c2=O)cc1. The standard InChI is InChI=1S/C21H19F3N4O4/c1-20(2,31)13-5-7-14(8-6-13)26-17(29)15-4-3-11-28(19(15)30)16-9-10-25-27-18(16)32-12-21(22,23)24/h3-11,31H,12H2,1-2H3,(H,26,29). The zero-order valence-electron chi connectivity index (χ0n) is 17.1. The van der Waals surface area contributed by atoms with Crippen molar-refractivity contribution < 1.29 is 27.8 Å². The van der Waals surface area contributed by atoms with Gasteiger partial charge in [0.2, 0.25) is 0 Å². The summed E-state index contributed by atoms with van der Waals surface area (Å²) in [7, 11) is 0. The Labute approximate surface area is 180 Å². The maximum atomic E-state index is 12.9. The summed E-state index contributed by atoms with van der Waals surface area (Å²) in [5.74, 6) is -1.23. The molecule has 2 N–H and O–H groups in total. The van der Waals surface area contributed by atoms with E-state index in [2.05, 4.69) is 20.3 Å². The molecule has 8 nitrogen and oxygen atoms in total. The summed E-state index contributed by atoms with van der Waals surface area (Å²) in [6.45, 7) is 1.62. The predicted molar refractivity (Wildman–Crippen MR) is 109 cm³/mol. The molecule has 11 heteroatoms. The molecule has 0 bridgehead atoms. The highest BCUT2D eigenvalue weighted by Crippen LogP contribution is 2.23. The fourth-order valence-corrected chi connectivity index (χ4v) is 2.77. The smallest absolute Gasteiger partial charge is 0.422 e. The first-order valence-corrected chi connectivity index (χ1v) is 9.33. The molecule has 0 aliphatic carbocycles. The number of rotatable bonds is 6. The van der Waals surface area contributed by atoms with Crippen molar-refractivity contribution in [2.24, 2.45) is 0 Å². The summed E-state index contributed by atoms with van der Waals surface area (Å²) >= 11 is 0. The molecule has 0 atom stereocenters. The van der Waals surface area contributed by atoms with Gasteiger partial charge in [-0.15, -0.1) is 5.10 Å². The number of benzene rings is 1. The Morgan fingerprint density at radius 3 is 2.47 bits per heavy atom. The second-order valence-corrected chi connectivity index (χ2v) is 7.31. The van der Waals surface area contributed by atoms with Crippen LogP contribution < -0.4 is 15.6 Å². The van der Waals surface area contributed by atoms with Crippen molar-refractivity contribution in [3.8, 4) is 11.6 Å². The molecule has 0 fully saturated rings. The maximum Gasteiger partial charge on any atom is 0.422 e. The van der Waals surface area contributed by atoms with Crippen LogP contribution in [0.1, 0.15) is 29.8 Å². The van der Waals surface area contributed by atoms with E-state index in [-0.39, 0.29) is 11.3 Å². The Kier molecular flexibility index (Phi) is 6.30. The number of alkyl halides is 3. The lowest BCUT2D eigenvalue weighted by molar-refractivity contribution is -0.154. The van der Waals surface area contributed by atoms with Crippen molar-refractivity contribution in [3.05, 3.63) is 76.3 Å². The number of carbonyl (C=O) groups is 1. The van der Waals surface area contributed by atoms with Crippen molar-refractivity contribution in [2.75, 3.05) is 11.9 Å². The molecule has 0 saturated carbocycles. The lowest BCUT2D eigenvalue weighted by atomic mass is 9.98. The fraction of sp³-hybridized carbons (Fsp3) is 0.238. The molecule has 2 aromatic heterocycles. The molecule has 0 aliphatic heterocycles. The maximum absolute atomic E-state index is 12.9. The number of pyridine rings is 1. The van der Waals surface area contributed by atoms with Crippen LogP contribution in [0.5, 0.6) is 5.88 Å². The van der Waals surface area contributed by atoms with Gasteiger partial charge in [0.25, 0.3) is 17.3 Å². The number of aromatic nitrogens is 3. The van der Waals surface area contributed by atoms with Gasteiger partial charge in [-0.05, 0) is 49.7 Å². The second-order valence-electron chi connectivity index (χ2n) is 7.31. The first-order chi connectivity index (χ1) is 15.0. The van der Waals surface area contributed by atoms with Crippen LogP contribution in [0.15, 0.2) is 59.7 Å². The van der Waals surface area contributed by atoms with Crippen LogP contribution in [0, 0.1) is 0 Å². The van der Waals surface area contributed by atoms with Gasteiger partial charge in [-0.2, -0.15) is 18.3 Å². The molecule has 3 rings (SSSR count). The fourth-order valence-electron chi connectivity index (χ4n) is 2.77. The van der Waals surface area contributed by atoms with Crippen LogP contribution in [-0.4, -0.2) is 38.6 Å². The van der Waals surface area contributed by atoms with Crippen LogP contribution in [0.4, 0.5) is 18.9 Å². The number of anilines is 1. The zero-order chi connectivity index (χ0) is 23.5. The van der Waals surface area contributed by atoms with Gasteiger partial charge in [0.05, 0.1) is 11.8 Å². The number of nitrogens with one attached hydrogen (secondary N) is 1. The van der Waals surface area contributed by atoms with Crippen molar-refractivity contribution in [1.29, 1.82) is 0 Å². The number of carbonyl (C=O) groups excluding carboxylic acids is 1. The quantitative estimate of drug-likeness (QED) is 0.601. The Morgan fingerprint density at radius 2 is 1.84 bits per heavy atom. The van der Waals surface area contributed by atoms with E-state index in [0.29, 0.717) is 11.3 Å². The molecule has 1 amide bonds. The average molecular weight is 448 g/mol. The third-order valence-corrected chi connectivity index (χ3v) is 4.34. The van der Waals surface area contributed by atoms with Crippen molar-refractivity contribution in [1.82, 2.24) is 14.8 Å². The first-order valence-electron chi connectivity index (χ1n) is 9.33. The number of hydrogen-bond donors (Lipinski definition) is 2. The molecule has 0 radical (unpaired) electrons. The molecule has 0 aliphatic rings. The molecular formula is C21H19F3N4O4. The van der Waals surface area contributed by atoms with Crippen LogP contribution in [-0.2, 0) is 5.60 Å². The highest BCUT2D eigenvalue weighted by atomic mass is 19.4.